The van der Waals surface area contributed by atoms with Gasteiger partial charge in [0.1, 0.15) is 6.54 Å². The summed E-state index contributed by atoms with van der Waals surface area (Å²) in [6.45, 7) is 0.0802. The number of pyridine rings is 1. The minimum atomic E-state index is -0.416. The number of aromatic nitrogens is 3. The summed E-state index contributed by atoms with van der Waals surface area (Å²) in [4.78, 5) is 40.1. The van der Waals surface area contributed by atoms with E-state index in [-0.39, 0.29) is 23.6 Å². The Bertz CT molecular complexity index is 1000. The van der Waals surface area contributed by atoms with Crippen LogP contribution >= 0.6 is 0 Å². The maximum Gasteiger partial charge on any atom is 0.256 e. The molecule has 2 heterocycles. The lowest BCUT2D eigenvalue weighted by atomic mass is 10.1. The molecule has 3 rings (SSSR count). The van der Waals surface area contributed by atoms with Crippen LogP contribution in [0.2, 0.25) is 0 Å². The molecule has 0 aliphatic rings. The lowest BCUT2D eigenvalue weighted by Gasteiger charge is -2.09. The molecule has 0 bridgehead atoms. The minimum absolute atomic E-state index is 0.0802. The minimum Gasteiger partial charge on any atom is -0.347 e. The largest absolute Gasteiger partial charge is 0.347 e. The van der Waals surface area contributed by atoms with Crippen molar-refractivity contribution in [2.75, 3.05) is 19.4 Å². The number of nitrogens with zero attached hydrogens (tertiary/aromatic N) is 3. The van der Waals surface area contributed by atoms with E-state index in [0.29, 0.717) is 16.6 Å². The number of aromatic amines is 1. The molecule has 1 aromatic carbocycles. The predicted octanol–water partition coefficient (Wildman–Crippen LogP) is 1.07. The van der Waals surface area contributed by atoms with Crippen molar-refractivity contribution >= 4 is 28.4 Å². The van der Waals surface area contributed by atoms with Gasteiger partial charge in [0.05, 0.1) is 17.4 Å². The van der Waals surface area contributed by atoms with Crippen molar-refractivity contribution in [3.05, 3.63) is 58.6 Å². The molecule has 0 unspecified atom stereocenters. The van der Waals surface area contributed by atoms with Crippen LogP contribution in [-0.4, -0.2) is 45.6 Å². The summed E-state index contributed by atoms with van der Waals surface area (Å²) >= 11 is 0. The second-order valence-electron chi connectivity index (χ2n) is 5.76. The number of benzene rings is 1. The van der Waals surface area contributed by atoms with Crippen molar-refractivity contribution in [2.45, 2.75) is 6.54 Å². The van der Waals surface area contributed by atoms with Crippen LogP contribution in [0, 0.1) is 0 Å². The third kappa shape index (κ3) is 3.57. The van der Waals surface area contributed by atoms with Gasteiger partial charge in [0, 0.05) is 37.3 Å². The lowest BCUT2D eigenvalue weighted by molar-refractivity contribution is -0.129. The van der Waals surface area contributed by atoms with Crippen LogP contribution in [0.3, 0.4) is 0 Å². The molecule has 2 amide bonds. The third-order valence-electron chi connectivity index (χ3n) is 3.68. The van der Waals surface area contributed by atoms with E-state index >= 15 is 0 Å². The van der Waals surface area contributed by atoms with Crippen LogP contribution in [0.25, 0.3) is 10.9 Å². The van der Waals surface area contributed by atoms with Crippen LogP contribution in [0.1, 0.15) is 10.4 Å². The molecular weight excluding hydrogens is 322 g/mol. The van der Waals surface area contributed by atoms with Crippen molar-refractivity contribution in [3.8, 4) is 0 Å². The Morgan fingerprint density at radius 3 is 2.80 bits per heavy atom. The van der Waals surface area contributed by atoms with E-state index < -0.39 is 5.91 Å². The van der Waals surface area contributed by atoms with Crippen molar-refractivity contribution < 1.29 is 9.59 Å². The second-order valence-corrected chi connectivity index (χ2v) is 5.76. The fourth-order valence-electron chi connectivity index (χ4n) is 2.39. The molecule has 25 heavy (non-hydrogen) atoms. The number of para-hydroxylation sites is 1. The van der Waals surface area contributed by atoms with E-state index in [1.807, 2.05) is 0 Å². The number of carbonyl (C=O) groups is 2. The molecule has 128 valence electrons. The lowest BCUT2D eigenvalue weighted by Crippen LogP contribution is -2.26. The Morgan fingerprint density at radius 1 is 1.28 bits per heavy atom. The molecular formula is C17H17N5O3. The number of amides is 2. The summed E-state index contributed by atoms with van der Waals surface area (Å²) < 4.78 is 1.44. The summed E-state index contributed by atoms with van der Waals surface area (Å²) in [5.74, 6) is -0.526. The number of anilines is 1. The molecule has 8 nitrogen and oxygen atoms in total. The number of rotatable bonds is 4. The molecule has 0 fully saturated rings. The average molecular weight is 339 g/mol. The van der Waals surface area contributed by atoms with Gasteiger partial charge in [-0.15, -0.1) is 0 Å². The first-order valence-corrected chi connectivity index (χ1v) is 7.60. The fourth-order valence-corrected chi connectivity index (χ4v) is 2.39. The maximum atomic E-state index is 12.5. The molecule has 0 atom stereocenters. The van der Waals surface area contributed by atoms with Gasteiger partial charge in [0.15, 0.2) is 0 Å². The number of H-pyrrole nitrogens is 1. The normalized spacial score (nSPS) is 10.6. The molecule has 0 aliphatic carbocycles. The van der Waals surface area contributed by atoms with Crippen molar-refractivity contribution in [1.82, 2.24) is 19.7 Å². The van der Waals surface area contributed by atoms with Gasteiger partial charge in [0.25, 0.3) is 5.91 Å². The molecule has 0 spiro atoms. The zero-order valence-corrected chi connectivity index (χ0v) is 13.8. The summed E-state index contributed by atoms with van der Waals surface area (Å²) in [6.07, 6.45) is 3.02. The van der Waals surface area contributed by atoms with Crippen LogP contribution in [0.5, 0.6) is 0 Å². The van der Waals surface area contributed by atoms with Crippen LogP contribution in [0.4, 0.5) is 5.69 Å². The average Bonchev–Trinajstić information content (AvgIpc) is 3.00. The summed E-state index contributed by atoms with van der Waals surface area (Å²) in [5.41, 5.74) is 0.959. The van der Waals surface area contributed by atoms with Crippen molar-refractivity contribution in [1.29, 1.82) is 0 Å². The van der Waals surface area contributed by atoms with Gasteiger partial charge in [-0.05, 0) is 6.07 Å². The highest BCUT2D eigenvalue weighted by atomic mass is 16.2. The second kappa shape index (κ2) is 6.60. The summed E-state index contributed by atoms with van der Waals surface area (Å²) in [7, 11) is 3.32. The molecule has 2 N–H and O–H groups in total. The SMILES string of the molecule is CN(C)C(=O)Cn1cc(NC(=O)c2cc(=O)[nH]c3ccccc23)cn1. The van der Waals surface area contributed by atoms with Crippen LogP contribution < -0.4 is 10.9 Å². The quantitative estimate of drug-likeness (QED) is 0.742. The predicted molar refractivity (Wildman–Crippen MR) is 93.4 cm³/mol. The Hall–Kier alpha value is -3.42. The van der Waals surface area contributed by atoms with E-state index in [4.69, 9.17) is 0 Å². The third-order valence-corrected chi connectivity index (χ3v) is 3.68. The van der Waals surface area contributed by atoms with E-state index in [1.54, 1.807) is 44.6 Å². The first kappa shape index (κ1) is 16.4. The van der Waals surface area contributed by atoms with E-state index in [0.717, 1.165) is 0 Å². The summed E-state index contributed by atoms with van der Waals surface area (Å²) in [6, 6.07) is 8.34. The molecule has 2 aromatic heterocycles. The van der Waals surface area contributed by atoms with E-state index in [9.17, 15) is 14.4 Å². The molecule has 0 saturated carbocycles. The van der Waals surface area contributed by atoms with Gasteiger partial charge in [-0.1, -0.05) is 18.2 Å². The van der Waals surface area contributed by atoms with Gasteiger partial charge in [-0.25, -0.2) is 0 Å². The zero-order valence-electron chi connectivity index (χ0n) is 13.8. The highest BCUT2D eigenvalue weighted by Crippen LogP contribution is 2.16. The molecule has 0 saturated heterocycles. The van der Waals surface area contributed by atoms with Crippen LogP contribution in [-0.2, 0) is 11.3 Å². The van der Waals surface area contributed by atoms with Crippen LogP contribution in [0.15, 0.2) is 47.5 Å². The topological polar surface area (TPSA) is 100 Å². The Balaban J connectivity index is 1.83. The van der Waals surface area contributed by atoms with Crippen molar-refractivity contribution in [2.24, 2.45) is 0 Å². The Kier molecular flexibility index (Phi) is 4.34. The Labute approximate surface area is 143 Å². The van der Waals surface area contributed by atoms with Gasteiger partial charge in [0.2, 0.25) is 11.5 Å². The fraction of sp³-hybridized carbons (Fsp3) is 0.176. The number of likely N-dealkylation sites (N-methyl/N-ethyl adjacent to an activating group) is 1. The van der Waals surface area contributed by atoms with Gasteiger partial charge < -0.3 is 15.2 Å². The molecule has 0 radical (unpaired) electrons. The van der Waals surface area contributed by atoms with E-state index in [1.165, 1.54) is 21.8 Å². The molecule has 0 aliphatic heterocycles. The van der Waals surface area contributed by atoms with Gasteiger partial charge in [-0.2, -0.15) is 5.10 Å². The Morgan fingerprint density at radius 2 is 2.04 bits per heavy atom. The van der Waals surface area contributed by atoms with Crippen molar-refractivity contribution in [3.63, 3.8) is 0 Å². The summed E-state index contributed by atoms with van der Waals surface area (Å²) in [5, 5.41) is 7.40. The molecule has 3 aromatic rings. The highest BCUT2D eigenvalue weighted by molar-refractivity contribution is 6.12. The molecule has 8 heteroatoms. The number of nitrogens with one attached hydrogen (secondary N) is 2. The smallest absolute Gasteiger partial charge is 0.256 e. The number of hydrogen-bond acceptors (Lipinski definition) is 4. The first-order valence-electron chi connectivity index (χ1n) is 7.60. The van der Waals surface area contributed by atoms with Gasteiger partial charge >= 0.3 is 0 Å². The number of fused-ring (bicyclic) bond motifs is 1. The standard InChI is InChI=1S/C17H17N5O3/c1-21(2)16(24)10-22-9-11(8-18-22)19-17(25)13-7-15(23)20-14-6-4-3-5-12(13)14/h3-9H,10H2,1-2H3,(H,19,25)(H,20,23). The maximum absolute atomic E-state index is 12.5. The van der Waals surface area contributed by atoms with Gasteiger partial charge in [-0.3, -0.25) is 19.1 Å². The number of carbonyl (C=O) groups excluding carboxylic acids is 2. The van der Waals surface area contributed by atoms with E-state index in [2.05, 4.69) is 15.4 Å². The monoisotopic (exact) mass is 339 g/mol. The zero-order chi connectivity index (χ0) is 18.0. The highest BCUT2D eigenvalue weighted by Gasteiger charge is 2.13. The first-order chi connectivity index (χ1) is 11.9. The number of hydrogen-bond donors (Lipinski definition) is 2.